The molecule has 0 aromatic heterocycles. The summed E-state index contributed by atoms with van der Waals surface area (Å²) in [4.78, 5) is 12.3. The standard InChI is InChI=1S/C16H22N2O3/c1-12-6-7-13(5-4-8-17)15(9-12)16(19)18-10-14(21-3)11-20-2/h6-7,9,14H,8,10-11,17H2,1-3H3,(H,18,19). The molecule has 1 atom stereocenters. The van der Waals surface area contributed by atoms with E-state index in [0.29, 0.717) is 24.3 Å². The van der Waals surface area contributed by atoms with Gasteiger partial charge >= 0.3 is 0 Å². The molecule has 21 heavy (non-hydrogen) atoms. The first-order valence-corrected chi connectivity index (χ1v) is 6.71. The molecule has 1 amide bonds. The predicted molar refractivity (Wildman–Crippen MR) is 82.1 cm³/mol. The number of ether oxygens (including phenoxy) is 2. The van der Waals surface area contributed by atoms with E-state index in [1.165, 1.54) is 0 Å². The zero-order chi connectivity index (χ0) is 15.7. The van der Waals surface area contributed by atoms with Gasteiger partial charge in [-0.15, -0.1) is 0 Å². The SMILES string of the molecule is COCC(CNC(=O)c1cc(C)ccc1C#CCN)OC. The van der Waals surface area contributed by atoms with Crippen LogP contribution in [0.25, 0.3) is 0 Å². The minimum atomic E-state index is -0.182. The minimum absolute atomic E-state index is 0.178. The van der Waals surface area contributed by atoms with Crippen molar-refractivity contribution in [2.75, 3.05) is 33.9 Å². The molecule has 114 valence electrons. The number of nitrogens with two attached hydrogens (primary N) is 1. The minimum Gasteiger partial charge on any atom is -0.382 e. The number of methoxy groups -OCH3 is 2. The molecule has 0 bridgehead atoms. The van der Waals surface area contributed by atoms with Crippen LogP contribution in [0.4, 0.5) is 0 Å². The van der Waals surface area contributed by atoms with Crippen molar-refractivity contribution in [1.29, 1.82) is 0 Å². The van der Waals surface area contributed by atoms with E-state index in [9.17, 15) is 4.79 Å². The van der Waals surface area contributed by atoms with Crippen LogP contribution >= 0.6 is 0 Å². The van der Waals surface area contributed by atoms with Gasteiger partial charge in [0, 0.05) is 26.3 Å². The Hall–Kier alpha value is -1.87. The Morgan fingerprint density at radius 3 is 2.81 bits per heavy atom. The number of carbonyl (C=O) groups is 1. The summed E-state index contributed by atoms with van der Waals surface area (Å²) in [7, 11) is 3.18. The molecule has 1 aromatic carbocycles. The Bertz CT molecular complexity index is 532. The molecule has 0 spiro atoms. The third kappa shape index (κ3) is 5.56. The summed E-state index contributed by atoms with van der Waals surface area (Å²) < 4.78 is 10.2. The Balaban J connectivity index is 2.83. The van der Waals surface area contributed by atoms with Crippen molar-refractivity contribution in [2.45, 2.75) is 13.0 Å². The number of amides is 1. The van der Waals surface area contributed by atoms with Gasteiger partial charge in [0.05, 0.1) is 24.8 Å². The summed E-state index contributed by atoms with van der Waals surface area (Å²) in [5.41, 5.74) is 7.59. The molecule has 0 saturated carbocycles. The van der Waals surface area contributed by atoms with Crippen LogP contribution in [-0.4, -0.2) is 45.9 Å². The van der Waals surface area contributed by atoms with Crippen LogP contribution in [0.1, 0.15) is 21.5 Å². The van der Waals surface area contributed by atoms with Gasteiger partial charge in [-0.2, -0.15) is 0 Å². The van der Waals surface area contributed by atoms with E-state index in [1.807, 2.05) is 25.1 Å². The van der Waals surface area contributed by atoms with Crippen LogP contribution in [0.3, 0.4) is 0 Å². The van der Waals surface area contributed by atoms with E-state index < -0.39 is 0 Å². The Kier molecular flexibility index (Phi) is 7.48. The van der Waals surface area contributed by atoms with Gasteiger partial charge in [-0.05, 0) is 19.1 Å². The largest absolute Gasteiger partial charge is 0.382 e. The fraction of sp³-hybridized carbons (Fsp3) is 0.438. The summed E-state index contributed by atoms with van der Waals surface area (Å²) in [5.74, 6) is 5.50. The van der Waals surface area contributed by atoms with Crippen molar-refractivity contribution in [3.8, 4) is 11.8 Å². The maximum absolute atomic E-state index is 12.3. The highest BCUT2D eigenvalue weighted by Crippen LogP contribution is 2.11. The number of aryl methyl sites for hydroxylation is 1. The van der Waals surface area contributed by atoms with E-state index in [4.69, 9.17) is 15.2 Å². The molecule has 1 rings (SSSR count). The zero-order valence-corrected chi connectivity index (χ0v) is 12.7. The topological polar surface area (TPSA) is 73.6 Å². The Morgan fingerprint density at radius 1 is 1.43 bits per heavy atom. The molecule has 1 unspecified atom stereocenters. The van der Waals surface area contributed by atoms with Crippen molar-refractivity contribution < 1.29 is 14.3 Å². The van der Waals surface area contributed by atoms with Crippen LogP contribution in [0.15, 0.2) is 18.2 Å². The first-order chi connectivity index (χ1) is 10.1. The summed E-state index contributed by atoms with van der Waals surface area (Å²) in [5, 5.41) is 2.84. The van der Waals surface area contributed by atoms with Crippen LogP contribution in [0.2, 0.25) is 0 Å². The molecule has 1 aromatic rings. The van der Waals surface area contributed by atoms with E-state index >= 15 is 0 Å². The molecule has 0 saturated heterocycles. The highest BCUT2D eigenvalue weighted by Gasteiger charge is 2.13. The van der Waals surface area contributed by atoms with Gasteiger partial charge in [0.15, 0.2) is 0 Å². The van der Waals surface area contributed by atoms with Gasteiger partial charge in [-0.3, -0.25) is 4.79 Å². The molecule has 5 heteroatoms. The molecule has 0 aliphatic carbocycles. The van der Waals surface area contributed by atoms with Gasteiger partial charge in [0.25, 0.3) is 5.91 Å². The molecule has 3 N–H and O–H groups in total. The number of carbonyl (C=O) groups excluding carboxylic acids is 1. The highest BCUT2D eigenvalue weighted by molar-refractivity contribution is 5.97. The molecular formula is C16H22N2O3. The van der Waals surface area contributed by atoms with Crippen LogP contribution < -0.4 is 11.1 Å². The fourth-order valence-corrected chi connectivity index (χ4v) is 1.80. The van der Waals surface area contributed by atoms with Gasteiger partial charge in [-0.25, -0.2) is 0 Å². The number of hydrogen-bond acceptors (Lipinski definition) is 4. The first kappa shape index (κ1) is 17.2. The lowest BCUT2D eigenvalue weighted by Gasteiger charge is -2.15. The monoisotopic (exact) mass is 290 g/mol. The van der Waals surface area contributed by atoms with Crippen LogP contribution in [0, 0.1) is 18.8 Å². The summed E-state index contributed by atoms with van der Waals surface area (Å²) in [6.45, 7) is 2.99. The average molecular weight is 290 g/mol. The maximum atomic E-state index is 12.3. The van der Waals surface area contributed by atoms with Crippen molar-refractivity contribution >= 4 is 5.91 Å². The first-order valence-electron chi connectivity index (χ1n) is 6.71. The van der Waals surface area contributed by atoms with Gasteiger partial charge in [-0.1, -0.05) is 23.5 Å². The Labute approximate surface area is 125 Å². The van der Waals surface area contributed by atoms with Gasteiger partial charge < -0.3 is 20.5 Å². The van der Waals surface area contributed by atoms with Crippen LogP contribution in [-0.2, 0) is 9.47 Å². The number of hydrogen-bond donors (Lipinski definition) is 2. The number of rotatable bonds is 6. The Morgan fingerprint density at radius 2 is 2.19 bits per heavy atom. The predicted octanol–water partition coefficient (Wildman–Crippen LogP) is 0.696. The van der Waals surface area contributed by atoms with Crippen molar-refractivity contribution in [2.24, 2.45) is 5.73 Å². The molecule has 0 heterocycles. The molecular weight excluding hydrogens is 268 g/mol. The second-order valence-electron chi connectivity index (χ2n) is 4.58. The van der Waals surface area contributed by atoms with Gasteiger partial charge in [0.2, 0.25) is 0 Å². The second-order valence-corrected chi connectivity index (χ2v) is 4.58. The van der Waals surface area contributed by atoms with Gasteiger partial charge in [0.1, 0.15) is 0 Å². The third-order valence-electron chi connectivity index (χ3n) is 2.92. The highest BCUT2D eigenvalue weighted by atomic mass is 16.5. The number of nitrogens with one attached hydrogen (secondary N) is 1. The quantitative estimate of drug-likeness (QED) is 0.756. The molecule has 0 aliphatic rings. The molecule has 0 radical (unpaired) electrons. The smallest absolute Gasteiger partial charge is 0.252 e. The zero-order valence-electron chi connectivity index (χ0n) is 12.7. The van der Waals surface area contributed by atoms with Crippen LogP contribution in [0.5, 0.6) is 0 Å². The lowest BCUT2D eigenvalue weighted by atomic mass is 10.0. The molecule has 0 aliphatic heterocycles. The summed E-state index contributed by atoms with van der Waals surface area (Å²) in [6, 6.07) is 5.56. The lowest BCUT2D eigenvalue weighted by molar-refractivity contribution is 0.0285. The van der Waals surface area contributed by atoms with E-state index in [2.05, 4.69) is 17.2 Å². The van der Waals surface area contributed by atoms with E-state index in [-0.39, 0.29) is 18.6 Å². The summed E-state index contributed by atoms with van der Waals surface area (Å²) in [6.07, 6.45) is -0.178. The second kappa shape index (κ2) is 9.14. The van der Waals surface area contributed by atoms with Crippen molar-refractivity contribution in [3.63, 3.8) is 0 Å². The fourth-order valence-electron chi connectivity index (χ4n) is 1.80. The van der Waals surface area contributed by atoms with E-state index in [0.717, 1.165) is 5.56 Å². The average Bonchev–Trinajstić information content (AvgIpc) is 2.49. The molecule has 0 fully saturated rings. The van der Waals surface area contributed by atoms with Crippen molar-refractivity contribution in [3.05, 3.63) is 34.9 Å². The number of benzene rings is 1. The van der Waals surface area contributed by atoms with Crippen molar-refractivity contribution in [1.82, 2.24) is 5.32 Å². The normalized spacial score (nSPS) is 11.4. The lowest BCUT2D eigenvalue weighted by Crippen LogP contribution is -2.35. The maximum Gasteiger partial charge on any atom is 0.252 e. The third-order valence-corrected chi connectivity index (χ3v) is 2.92. The van der Waals surface area contributed by atoms with E-state index in [1.54, 1.807) is 14.2 Å². The molecule has 5 nitrogen and oxygen atoms in total. The summed E-state index contributed by atoms with van der Waals surface area (Å²) >= 11 is 0.